The Kier molecular flexibility index (Phi) is 7.29. The summed E-state index contributed by atoms with van der Waals surface area (Å²) in [5, 5.41) is 3.25. The van der Waals surface area contributed by atoms with Crippen LogP contribution in [0.15, 0.2) is 42.2 Å². The molecule has 0 amide bonds. The second-order valence-corrected chi connectivity index (χ2v) is 9.37. The van der Waals surface area contributed by atoms with E-state index in [-0.39, 0.29) is 0 Å². The number of benzene rings is 2. The maximum atomic E-state index is 5.60. The van der Waals surface area contributed by atoms with Gasteiger partial charge in [0.1, 0.15) is 4.99 Å². The van der Waals surface area contributed by atoms with Crippen molar-refractivity contribution in [2.24, 2.45) is 0 Å². The first-order valence-corrected chi connectivity index (χ1v) is 10.6. The molecule has 1 N–H and O–H groups in total. The Bertz CT molecular complexity index is 804. The molecule has 8 heteroatoms. The molecule has 0 aliphatic rings. The summed E-state index contributed by atoms with van der Waals surface area (Å²) in [4.78, 5) is 0.557. The Hall–Kier alpha value is 0.690. The van der Waals surface area contributed by atoms with E-state index in [9.17, 15) is 0 Å². The van der Waals surface area contributed by atoms with E-state index in [0.717, 1.165) is 34.7 Å². The van der Waals surface area contributed by atoms with Crippen LogP contribution >= 0.6 is 101 Å². The van der Waals surface area contributed by atoms with Crippen molar-refractivity contribution in [2.75, 3.05) is 5.32 Å². The Morgan fingerprint density at radius 2 is 1.35 bits per heavy atom. The Morgan fingerprint density at radius 1 is 0.870 bits per heavy atom. The average molecular weight is 619 g/mol. The minimum absolute atomic E-state index is 0.453. The van der Waals surface area contributed by atoms with Crippen molar-refractivity contribution in [3.63, 3.8) is 0 Å². The number of aryl methyl sites for hydroxylation is 1. The lowest BCUT2D eigenvalue weighted by atomic mass is 10.1. The van der Waals surface area contributed by atoms with Crippen molar-refractivity contribution >= 4 is 116 Å². The van der Waals surface area contributed by atoms with Crippen LogP contribution in [0.1, 0.15) is 16.7 Å². The van der Waals surface area contributed by atoms with Gasteiger partial charge < -0.3 is 5.32 Å². The zero-order valence-electron chi connectivity index (χ0n) is 11.6. The molecule has 0 bridgehead atoms. The van der Waals surface area contributed by atoms with Crippen LogP contribution in [-0.2, 0) is 0 Å². The van der Waals surface area contributed by atoms with Crippen LogP contribution < -0.4 is 5.32 Å². The summed E-state index contributed by atoms with van der Waals surface area (Å²) < 4.78 is 3.76. The first-order chi connectivity index (χ1) is 10.7. The molecule has 2 aromatic carbocycles. The lowest BCUT2D eigenvalue weighted by molar-refractivity contribution is 1.44. The van der Waals surface area contributed by atoms with Crippen molar-refractivity contribution in [1.29, 1.82) is 0 Å². The molecule has 2 rings (SSSR count). The van der Waals surface area contributed by atoms with Crippen LogP contribution in [0, 0.1) is 6.92 Å². The van der Waals surface area contributed by atoms with E-state index >= 15 is 0 Å². The Labute approximate surface area is 184 Å². The molecule has 23 heavy (non-hydrogen) atoms. The van der Waals surface area contributed by atoms with Crippen molar-refractivity contribution in [3.8, 4) is 0 Å². The summed E-state index contributed by atoms with van der Waals surface area (Å²) in [5.74, 6) is 0. The molecule has 0 radical (unpaired) electrons. The lowest BCUT2D eigenvalue weighted by Gasteiger charge is -2.18. The van der Waals surface area contributed by atoms with Crippen LogP contribution in [0.3, 0.4) is 0 Å². The third kappa shape index (κ3) is 4.46. The number of halogens is 4. The molecule has 0 aliphatic carbocycles. The number of nitrogens with one attached hydrogen (secondary N) is 1. The van der Waals surface area contributed by atoms with Crippen LogP contribution in [0.2, 0.25) is 0 Å². The summed E-state index contributed by atoms with van der Waals surface area (Å²) in [7, 11) is 0. The topological polar surface area (TPSA) is 12.0 Å². The standard InChI is InChI=1S/C15H9Br4NS3/c1-6-2-4-7(5-3-6)20-14(21)8-9(15(22)23)11(17)13(19)12(18)10(8)16/h2-5H,1H3,(H,20,21)(H,22,23). The molecule has 0 saturated carbocycles. The first kappa shape index (κ1) is 20.0. The fourth-order valence-corrected chi connectivity index (χ4v) is 5.56. The van der Waals surface area contributed by atoms with Gasteiger partial charge in [-0.15, -0.1) is 12.6 Å². The monoisotopic (exact) mass is 615 g/mol. The van der Waals surface area contributed by atoms with Crippen LogP contribution in [0.25, 0.3) is 0 Å². The highest BCUT2D eigenvalue weighted by atomic mass is 79.9. The predicted octanol–water partition coefficient (Wildman–Crippen LogP) is 7.44. The van der Waals surface area contributed by atoms with Crippen molar-refractivity contribution in [2.45, 2.75) is 6.92 Å². The summed E-state index contributed by atoms with van der Waals surface area (Å²) in [5.41, 5.74) is 3.64. The van der Waals surface area contributed by atoms with E-state index in [2.05, 4.69) is 81.7 Å². The highest BCUT2D eigenvalue weighted by molar-refractivity contribution is 9.15. The summed E-state index contributed by atoms with van der Waals surface area (Å²) in [6, 6.07) is 8.02. The molecule has 0 saturated heterocycles. The molecule has 0 aliphatic heterocycles. The highest BCUT2D eigenvalue weighted by Crippen LogP contribution is 2.43. The van der Waals surface area contributed by atoms with Gasteiger partial charge in [0.15, 0.2) is 0 Å². The minimum Gasteiger partial charge on any atom is -0.346 e. The molecular formula is C15H9Br4NS3. The Morgan fingerprint density at radius 3 is 1.83 bits per heavy atom. The summed E-state index contributed by atoms with van der Waals surface area (Å²) >= 11 is 29.5. The number of anilines is 1. The fourth-order valence-electron chi connectivity index (χ4n) is 1.88. The van der Waals surface area contributed by atoms with Gasteiger partial charge in [-0.25, -0.2) is 0 Å². The van der Waals surface area contributed by atoms with Gasteiger partial charge in [-0.05, 0) is 82.8 Å². The molecule has 0 heterocycles. The number of hydrogen-bond donors (Lipinski definition) is 2. The highest BCUT2D eigenvalue weighted by Gasteiger charge is 2.23. The maximum Gasteiger partial charge on any atom is 0.112 e. The normalized spacial score (nSPS) is 10.5. The SMILES string of the molecule is Cc1ccc(NC(=S)c2c(Br)c(Br)c(Br)c(Br)c2C(=S)S)cc1. The molecular weight excluding hydrogens is 610 g/mol. The summed E-state index contributed by atoms with van der Waals surface area (Å²) in [6.45, 7) is 2.04. The third-order valence-electron chi connectivity index (χ3n) is 3.02. The number of rotatable bonds is 3. The zero-order chi connectivity index (χ0) is 17.3. The fraction of sp³-hybridized carbons (Fsp3) is 0.0667. The molecule has 0 aromatic heterocycles. The first-order valence-electron chi connectivity index (χ1n) is 6.21. The average Bonchev–Trinajstić information content (AvgIpc) is 2.50. The van der Waals surface area contributed by atoms with Crippen LogP contribution in [0.4, 0.5) is 5.69 Å². The second-order valence-electron chi connectivity index (χ2n) is 4.63. The molecule has 2 aromatic rings. The van der Waals surface area contributed by atoms with Crippen molar-refractivity contribution in [3.05, 3.63) is 58.8 Å². The van der Waals surface area contributed by atoms with E-state index in [1.54, 1.807) is 0 Å². The third-order valence-corrected chi connectivity index (χ3v) is 8.52. The van der Waals surface area contributed by atoms with Gasteiger partial charge in [-0.1, -0.05) is 42.1 Å². The van der Waals surface area contributed by atoms with Crippen LogP contribution in [0.5, 0.6) is 0 Å². The number of thiocarbonyl (C=S) groups is 2. The Balaban J connectivity index is 2.55. The van der Waals surface area contributed by atoms with Gasteiger partial charge in [-0.3, -0.25) is 0 Å². The molecule has 120 valence electrons. The van der Waals surface area contributed by atoms with Gasteiger partial charge >= 0.3 is 0 Å². The summed E-state index contributed by atoms with van der Waals surface area (Å²) in [6.07, 6.45) is 0. The molecule has 0 unspecified atom stereocenters. The predicted molar refractivity (Wildman–Crippen MR) is 124 cm³/mol. The van der Waals surface area contributed by atoms with Gasteiger partial charge in [0.25, 0.3) is 0 Å². The van der Waals surface area contributed by atoms with Gasteiger partial charge in [-0.2, -0.15) is 0 Å². The largest absolute Gasteiger partial charge is 0.346 e. The number of thiol groups is 1. The van der Waals surface area contributed by atoms with E-state index in [0.29, 0.717) is 9.19 Å². The molecule has 1 nitrogen and oxygen atoms in total. The smallest absolute Gasteiger partial charge is 0.112 e. The van der Waals surface area contributed by atoms with Crippen LogP contribution in [-0.4, -0.2) is 9.19 Å². The van der Waals surface area contributed by atoms with Gasteiger partial charge in [0.05, 0.1) is 4.20 Å². The zero-order valence-corrected chi connectivity index (χ0v) is 20.5. The number of hydrogen-bond acceptors (Lipinski definition) is 2. The molecule has 0 atom stereocenters. The van der Waals surface area contributed by atoms with Gasteiger partial charge in [0.2, 0.25) is 0 Å². The second kappa shape index (κ2) is 8.38. The molecule has 0 fully saturated rings. The van der Waals surface area contributed by atoms with E-state index < -0.39 is 0 Å². The lowest BCUT2D eigenvalue weighted by Crippen LogP contribution is -2.16. The van der Waals surface area contributed by atoms with E-state index in [4.69, 9.17) is 24.4 Å². The minimum atomic E-state index is 0.453. The van der Waals surface area contributed by atoms with Gasteiger partial charge in [0, 0.05) is 34.7 Å². The van der Waals surface area contributed by atoms with E-state index in [1.807, 2.05) is 31.2 Å². The molecule has 0 spiro atoms. The van der Waals surface area contributed by atoms with E-state index in [1.165, 1.54) is 5.56 Å². The van der Waals surface area contributed by atoms with Crippen molar-refractivity contribution in [1.82, 2.24) is 0 Å². The maximum absolute atomic E-state index is 5.60. The van der Waals surface area contributed by atoms with Crippen molar-refractivity contribution < 1.29 is 0 Å². The quantitative estimate of drug-likeness (QED) is 0.161.